The van der Waals surface area contributed by atoms with Crippen LogP contribution in [0.15, 0.2) is 36.8 Å². The standard InChI is InChI=1S/C17H23N3/c1-18-11-14-6-5-9-16(10-14)20-13-19-12-17(20)15-7-3-2-4-8-15/h5-6,9-10,12-13,15,18H,2-4,7-8,11H2,1H3. The van der Waals surface area contributed by atoms with Crippen molar-refractivity contribution in [3.05, 3.63) is 48.0 Å². The lowest BCUT2D eigenvalue weighted by Crippen LogP contribution is -2.10. The number of imidazole rings is 1. The third kappa shape index (κ3) is 2.78. The highest BCUT2D eigenvalue weighted by atomic mass is 15.1. The summed E-state index contributed by atoms with van der Waals surface area (Å²) in [4.78, 5) is 4.40. The van der Waals surface area contributed by atoms with Crippen LogP contribution in [0.1, 0.15) is 49.3 Å². The Hall–Kier alpha value is -1.61. The van der Waals surface area contributed by atoms with Crippen molar-refractivity contribution in [2.45, 2.75) is 44.6 Å². The van der Waals surface area contributed by atoms with Crippen LogP contribution in [-0.2, 0) is 6.54 Å². The van der Waals surface area contributed by atoms with Crippen LogP contribution >= 0.6 is 0 Å². The van der Waals surface area contributed by atoms with E-state index in [4.69, 9.17) is 0 Å². The first kappa shape index (κ1) is 13.4. The second-order valence-electron chi connectivity index (χ2n) is 5.72. The van der Waals surface area contributed by atoms with Crippen molar-refractivity contribution in [2.24, 2.45) is 0 Å². The minimum Gasteiger partial charge on any atom is -0.316 e. The molecule has 1 aliphatic carbocycles. The highest BCUT2D eigenvalue weighted by Crippen LogP contribution is 2.33. The van der Waals surface area contributed by atoms with Crippen LogP contribution in [0.25, 0.3) is 5.69 Å². The van der Waals surface area contributed by atoms with Gasteiger partial charge in [-0.3, -0.25) is 0 Å². The number of benzene rings is 1. The van der Waals surface area contributed by atoms with Gasteiger partial charge in [0.2, 0.25) is 0 Å². The van der Waals surface area contributed by atoms with Crippen LogP contribution in [0.5, 0.6) is 0 Å². The first-order valence-corrected chi connectivity index (χ1v) is 7.64. The molecule has 3 rings (SSSR count). The van der Waals surface area contributed by atoms with Gasteiger partial charge in [0.1, 0.15) is 0 Å². The first-order chi connectivity index (χ1) is 9.88. The van der Waals surface area contributed by atoms with Crippen LogP contribution in [-0.4, -0.2) is 16.6 Å². The molecule has 3 nitrogen and oxygen atoms in total. The molecule has 1 aromatic carbocycles. The van der Waals surface area contributed by atoms with Crippen LogP contribution in [0.2, 0.25) is 0 Å². The molecule has 3 heteroatoms. The fraction of sp³-hybridized carbons (Fsp3) is 0.471. The van der Waals surface area contributed by atoms with Gasteiger partial charge < -0.3 is 9.88 Å². The second-order valence-corrected chi connectivity index (χ2v) is 5.72. The van der Waals surface area contributed by atoms with E-state index in [1.807, 2.05) is 13.4 Å². The summed E-state index contributed by atoms with van der Waals surface area (Å²) in [5.41, 5.74) is 3.93. The van der Waals surface area contributed by atoms with Crippen LogP contribution in [0.4, 0.5) is 0 Å². The molecule has 0 aliphatic heterocycles. The molecule has 0 atom stereocenters. The Morgan fingerprint density at radius 3 is 2.90 bits per heavy atom. The Labute approximate surface area is 121 Å². The van der Waals surface area contributed by atoms with Gasteiger partial charge in [-0.25, -0.2) is 4.98 Å². The normalized spacial score (nSPS) is 16.4. The average molecular weight is 269 g/mol. The largest absolute Gasteiger partial charge is 0.316 e. The Balaban J connectivity index is 1.90. The molecule has 1 saturated carbocycles. The molecule has 0 bridgehead atoms. The first-order valence-electron chi connectivity index (χ1n) is 7.64. The minimum absolute atomic E-state index is 0.680. The summed E-state index contributed by atoms with van der Waals surface area (Å²) in [5.74, 6) is 0.680. The van der Waals surface area contributed by atoms with Gasteiger partial charge in [0.05, 0.1) is 6.33 Å². The van der Waals surface area contributed by atoms with E-state index in [0.717, 1.165) is 6.54 Å². The van der Waals surface area contributed by atoms with Crippen LogP contribution < -0.4 is 5.32 Å². The molecule has 1 N–H and O–H groups in total. The molecule has 0 spiro atoms. The maximum atomic E-state index is 4.40. The van der Waals surface area contributed by atoms with Gasteiger partial charge in [-0.15, -0.1) is 0 Å². The minimum atomic E-state index is 0.680. The maximum absolute atomic E-state index is 4.40. The molecule has 0 unspecified atom stereocenters. The van der Waals surface area contributed by atoms with E-state index in [0.29, 0.717) is 5.92 Å². The molecule has 2 aromatic rings. The van der Waals surface area contributed by atoms with Crippen molar-refractivity contribution in [2.75, 3.05) is 7.05 Å². The molecule has 0 saturated heterocycles. The number of aromatic nitrogens is 2. The summed E-state index contributed by atoms with van der Waals surface area (Å²) in [7, 11) is 1.98. The van der Waals surface area contributed by atoms with Gasteiger partial charge in [-0.2, -0.15) is 0 Å². The van der Waals surface area contributed by atoms with Gasteiger partial charge in [-0.1, -0.05) is 31.4 Å². The Bertz CT molecular complexity index is 553. The number of hydrogen-bond acceptors (Lipinski definition) is 2. The zero-order valence-electron chi connectivity index (χ0n) is 12.2. The van der Waals surface area contributed by atoms with Gasteiger partial charge in [0.15, 0.2) is 0 Å². The maximum Gasteiger partial charge on any atom is 0.0994 e. The van der Waals surface area contributed by atoms with Crippen LogP contribution in [0, 0.1) is 0 Å². The summed E-state index contributed by atoms with van der Waals surface area (Å²) in [6, 6.07) is 8.72. The predicted molar refractivity (Wildman–Crippen MR) is 82.2 cm³/mol. The fourth-order valence-corrected chi connectivity index (χ4v) is 3.24. The molecule has 0 amide bonds. The number of rotatable bonds is 4. The SMILES string of the molecule is CNCc1cccc(-n2cncc2C2CCCCC2)c1. The molecule has 1 heterocycles. The lowest BCUT2D eigenvalue weighted by atomic mass is 9.87. The van der Waals surface area contributed by atoms with Gasteiger partial charge in [0, 0.05) is 30.0 Å². The van der Waals surface area contributed by atoms with E-state index >= 15 is 0 Å². The average Bonchev–Trinajstić information content (AvgIpc) is 2.98. The van der Waals surface area contributed by atoms with E-state index in [-0.39, 0.29) is 0 Å². The highest BCUT2D eigenvalue weighted by Gasteiger charge is 2.19. The smallest absolute Gasteiger partial charge is 0.0994 e. The summed E-state index contributed by atoms with van der Waals surface area (Å²) >= 11 is 0. The van der Waals surface area contributed by atoms with Crippen molar-refractivity contribution >= 4 is 0 Å². The molecule has 1 fully saturated rings. The third-order valence-electron chi connectivity index (χ3n) is 4.26. The molecule has 1 aliphatic rings. The van der Waals surface area contributed by atoms with Gasteiger partial charge in [-0.05, 0) is 37.6 Å². The van der Waals surface area contributed by atoms with Gasteiger partial charge >= 0.3 is 0 Å². The van der Waals surface area contributed by atoms with Crippen molar-refractivity contribution in [3.8, 4) is 5.69 Å². The summed E-state index contributed by atoms with van der Waals surface area (Å²) in [6.07, 6.45) is 10.7. The van der Waals surface area contributed by atoms with Crippen molar-refractivity contribution in [1.29, 1.82) is 0 Å². The Morgan fingerprint density at radius 1 is 1.25 bits per heavy atom. The Morgan fingerprint density at radius 2 is 2.10 bits per heavy atom. The second kappa shape index (κ2) is 6.23. The van der Waals surface area contributed by atoms with Crippen LogP contribution in [0.3, 0.4) is 0 Å². The van der Waals surface area contributed by atoms with E-state index in [1.54, 1.807) is 0 Å². The zero-order valence-corrected chi connectivity index (χ0v) is 12.2. The van der Waals surface area contributed by atoms with Crippen molar-refractivity contribution in [1.82, 2.24) is 14.9 Å². The van der Waals surface area contributed by atoms with E-state index < -0.39 is 0 Å². The van der Waals surface area contributed by atoms with Gasteiger partial charge in [0.25, 0.3) is 0 Å². The highest BCUT2D eigenvalue weighted by molar-refractivity contribution is 5.38. The third-order valence-corrected chi connectivity index (χ3v) is 4.26. The number of hydrogen-bond donors (Lipinski definition) is 1. The quantitative estimate of drug-likeness (QED) is 0.918. The molecule has 20 heavy (non-hydrogen) atoms. The zero-order chi connectivity index (χ0) is 13.8. The number of nitrogens with zero attached hydrogens (tertiary/aromatic N) is 2. The van der Waals surface area contributed by atoms with E-state index in [9.17, 15) is 0 Å². The molecule has 0 radical (unpaired) electrons. The van der Waals surface area contributed by atoms with E-state index in [2.05, 4.69) is 45.3 Å². The molecular formula is C17H23N3. The monoisotopic (exact) mass is 269 g/mol. The fourth-order valence-electron chi connectivity index (χ4n) is 3.24. The van der Waals surface area contributed by atoms with E-state index in [1.165, 1.54) is 49.0 Å². The number of nitrogens with one attached hydrogen (secondary N) is 1. The summed E-state index contributed by atoms with van der Waals surface area (Å²) in [5, 5.41) is 3.21. The predicted octanol–water partition coefficient (Wildman–Crippen LogP) is 3.64. The van der Waals surface area contributed by atoms with Crippen molar-refractivity contribution in [3.63, 3.8) is 0 Å². The lowest BCUT2D eigenvalue weighted by molar-refractivity contribution is 0.433. The molecular weight excluding hydrogens is 246 g/mol. The molecule has 1 aromatic heterocycles. The molecule has 106 valence electrons. The Kier molecular flexibility index (Phi) is 4.16. The topological polar surface area (TPSA) is 29.9 Å². The summed E-state index contributed by atoms with van der Waals surface area (Å²) in [6.45, 7) is 0.904. The summed E-state index contributed by atoms with van der Waals surface area (Å²) < 4.78 is 2.27. The van der Waals surface area contributed by atoms with Crippen molar-refractivity contribution < 1.29 is 0 Å². The lowest BCUT2D eigenvalue weighted by Gasteiger charge is -2.23.